The van der Waals surface area contributed by atoms with E-state index in [9.17, 15) is 4.79 Å². The second kappa shape index (κ2) is 11.2. The maximum absolute atomic E-state index is 11.7. The molecule has 2 aromatic carbocycles. The number of benzene rings is 2. The summed E-state index contributed by atoms with van der Waals surface area (Å²) in [5.41, 5.74) is 4.63. The summed E-state index contributed by atoms with van der Waals surface area (Å²) in [5, 5.41) is 6.20. The zero-order valence-electron chi connectivity index (χ0n) is 20.9. The molecule has 0 aliphatic carbocycles. The van der Waals surface area contributed by atoms with E-state index in [2.05, 4.69) is 61.2 Å². The molecule has 0 radical (unpaired) electrons. The molecule has 2 aromatic heterocycles. The SMILES string of the molecule is C=CC(=O)Nc1cccc(-c2ncc3cnc(Nc4ccc(N5CCN(CCOC)CC5)cc4)cn23)c1. The first-order valence-electron chi connectivity index (χ1n) is 12.3. The number of piperazine rings is 1. The first-order valence-corrected chi connectivity index (χ1v) is 12.3. The average molecular weight is 498 g/mol. The maximum atomic E-state index is 11.7. The number of anilines is 4. The van der Waals surface area contributed by atoms with Crippen molar-refractivity contribution < 1.29 is 9.53 Å². The van der Waals surface area contributed by atoms with Gasteiger partial charge in [0, 0.05) is 62.5 Å². The van der Waals surface area contributed by atoms with Crippen LogP contribution >= 0.6 is 0 Å². The van der Waals surface area contributed by atoms with Gasteiger partial charge >= 0.3 is 0 Å². The number of hydrogen-bond acceptors (Lipinski definition) is 7. The van der Waals surface area contributed by atoms with Crippen LogP contribution in [0.2, 0.25) is 0 Å². The molecule has 0 spiro atoms. The number of fused-ring (bicyclic) bond motifs is 1. The van der Waals surface area contributed by atoms with Crippen LogP contribution in [0.15, 0.2) is 79.8 Å². The number of carbonyl (C=O) groups excluding carboxylic acids is 1. The average Bonchev–Trinajstić information content (AvgIpc) is 3.36. The van der Waals surface area contributed by atoms with Crippen molar-refractivity contribution in [2.45, 2.75) is 0 Å². The Morgan fingerprint density at radius 1 is 1.05 bits per heavy atom. The van der Waals surface area contributed by atoms with E-state index in [-0.39, 0.29) is 5.91 Å². The minimum absolute atomic E-state index is 0.254. The summed E-state index contributed by atoms with van der Waals surface area (Å²) in [7, 11) is 1.75. The van der Waals surface area contributed by atoms with E-state index < -0.39 is 0 Å². The molecule has 1 amide bonds. The summed E-state index contributed by atoms with van der Waals surface area (Å²) in [6.45, 7) is 9.38. The van der Waals surface area contributed by atoms with Crippen LogP contribution in [0.1, 0.15) is 0 Å². The highest BCUT2D eigenvalue weighted by atomic mass is 16.5. The number of rotatable bonds is 9. The smallest absolute Gasteiger partial charge is 0.247 e. The Bertz CT molecular complexity index is 1380. The Morgan fingerprint density at radius 3 is 2.59 bits per heavy atom. The molecule has 1 fully saturated rings. The van der Waals surface area contributed by atoms with Crippen LogP contribution in [0, 0.1) is 0 Å². The Balaban J connectivity index is 1.28. The van der Waals surface area contributed by atoms with Crippen molar-refractivity contribution in [1.82, 2.24) is 19.3 Å². The molecule has 0 bridgehead atoms. The van der Waals surface area contributed by atoms with Crippen LogP contribution in [0.4, 0.5) is 22.9 Å². The molecular weight excluding hydrogens is 466 g/mol. The quantitative estimate of drug-likeness (QED) is 0.338. The van der Waals surface area contributed by atoms with E-state index in [1.807, 2.05) is 34.9 Å². The molecule has 1 aliphatic heterocycles. The summed E-state index contributed by atoms with van der Waals surface area (Å²) < 4.78 is 7.19. The number of ether oxygens (including phenoxy) is 1. The maximum Gasteiger partial charge on any atom is 0.247 e. The Kier molecular flexibility index (Phi) is 7.43. The second-order valence-corrected chi connectivity index (χ2v) is 8.92. The number of carbonyl (C=O) groups is 1. The predicted octanol–water partition coefficient (Wildman–Crippen LogP) is 4.03. The van der Waals surface area contributed by atoms with E-state index in [4.69, 9.17) is 4.74 Å². The predicted molar refractivity (Wildman–Crippen MR) is 148 cm³/mol. The number of nitrogens with one attached hydrogen (secondary N) is 2. The minimum atomic E-state index is -0.254. The first kappa shape index (κ1) is 24.5. The molecule has 5 rings (SSSR count). The standard InChI is InChI=1S/C28H31N7O2/c1-3-27(36)32-23-6-4-5-21(17-23)28-30-19-25-18-29-26(20-35(25)28)31-22-7-9-24(10-8-22)34-13-11-33(12-14-34)15-16-37-2/h3-10,17-20,31H,1,11-16H2,2H3,(H,32,36). The molecule has 9 heteroatoms. The summed E-state index contributed by atoms with van der Waals surface area (Å²) in [5.74, 6) is 1.22. The van der Waals surface area contributed by atoms with Gasteiger partial charge in [-0.15, -0.1) is 0 Å². The van der Waals surface area contributed by atoms with Gasteiger partial charge in [0.2, 0.25) is 5.91 Å². The van der Waals surface area contributed by atoms with Gasteiger partial charge in [-0.05, 0) is 42.5 Å². The topological polar surface area (TPSA) is 87.0 Å². The van der Waals surface area contributed by atoms with E-state index >= 15 is 0 Å². The third-order valence-corrected chi connectivity index (χ3v) is 6.48. The Labute approximate surface area is 216 Å². The zero-order chi connectivity index (χ0) is 25.6. The monoisotopic (exact) mass is 497 g/mol. The molecule has 9 nitrogen and oxygen atoms in total. The lowest BCUT2D eigenvalue weighted by Gasteiger charge is -2.36. The molecule has 2 N–H and O–H groups in total. The third-order valence-electron chi connectivity index (χ3n) is 6.48. The van der Waals surface area contributed by atoms with Crippen LogP contribution in [-0.2, 0) is 9.53 Å². The van der Waals surface area contributed by atoms with Crippen molar-refractivity contribution in [3.8, 4) is 11.4 Å². The molecule has 3 heterocycles. The lowest BCUT2D eigenvalue weighted by Crippen LogP contribution is -2.47. The molecule has 0 unspecified atom stereocenters. The van der Waals surface area contributed by atoms with Crippen LogP contribution < -0.4 is 15.5 Å². The van der Waals surface area contributed by atoms with Crippen LogP contribution in [0.3, 0.4) is 0 Å². The number of hydrogen-bond donors (Lipinski definition) is 2. The highest BCUT2D eigenvalue weighted by molar-refractivity contribution is 5.99. The minimum Gasteiger partial charge on any atom is -0.383 e. The van der Waals surface area contributed by atoms with Gasteiger partial charge in [-0.2, -0.15) is 0 Å². The summed E-state index contributed by atoms with van der Waals surface area (Å²) >= 11 is 0. The highest BCUT2D eigenvalue weighted by Crippen LogP contribution is 2.25. The van der Waals surface area contributed by atoms with E-state index in [0.717, 1.165) is 61.9 Å². The fourth-order valence-corrected chi connectivity index (χ4v) is 4.46. The van der Waals surface area contributed by atoms with E-state index in [0.29, 0.717) is 11.5 Å². The van der Waals surface area contributed by atoms with Gasteiger partial charge in [0.25, 0.3) is 0 Å². The number of aromatic nitrogens is 3. The van der Waals surface area contributed by atoms with Gasteiger partial charge in [-0.1, -0.05) is 18.7 Å². The second-order valence-electron chi connectivity index (χ2n) is 8.92. The number of nitrogens with zero attached hydrogens (tertiary/aromatic N) is 5. The van der Waals surface area contributed by atoms with Crippen LogP contribution in [-0.4, -0.2) is 71.6 Å². The van der Waals surface area contributed by atoms with Crippen LogP contribution in [0.5, 0.6) is 0 Å². The van der Waals surface area contributed by atoms with Crippen molar-refractivity contribution in [2.24, 2.45) is 0 Å². The van der Waals surface area contributed by atoms with Gasteiger partial charge in [0.1, 0.15) is 11.6 Å². The fourth-order valence-electron chi connectivity index (χ4n) is 4.46. The summed E-state index contributed by atoms with van der Waals surface area (Å²) in [6, 6.07) is 16.0. The summed E-state index contributed by atoms with van der Waals surface area (Å²) in [6.07, 6.45) is 6.75. The van der Waals surface area contributed by atoms with Crippen molar-refractivity contribution in [3.05, 3.63) is 79.8 Å². The molecule has 1 saturated heterocycles. The van der Waals surface area contributed by atoms with Gasteiger partial charge in [-0.3, -0.25) is 14.1 Å². The zero-order valence-corrected chi connectivity index (χ0v) is 20.9. The fraction of sp³-hybridized carbons (Fsp3) is 0.250. The summed E-state index contributed by atoms with van der Waals surface area (Å²) in [4.78, 5) is 25.7. The molecule has 4 aromatic rings. The lowest BCUT2D eigenvalue weighted by atomic mass is 10.2. The van der Waals surface area contributed by atoms with Gasteiger partial charge in [0.15, 0.2) is 0 Å². The lowest BCUT2D eigenvalue weighted by molar-refractivity contribution is -0.111. The Hall–Kier alpha value is -4.21. The van der Waals surface area contributed by atoms with E-state index in [1.165, 1.54) is 11.8 Å². The van der Waals surface area contributed by atoms with Gasteiger partial charge in [-0.25, -0.2) is 9.97 Å². The highest BCUT2D eigenvalue weighted by Gasteiger charge is 2.17. The third kappa shape index (κ3) is 5.79. The largest absolute Gasteiger partial charge is 0.383 e. The van der Waals surface area contributed by atoms with Gasteiger partial charge in [0.05, 0.1) is 30.7 Å². The molecule has 1 aliphatic rings. The number of methoxy groups -OCH3 is 1. The molecular formula is C28H31N7O2. The van der Waals surface area contributed by atoms with Crippen molar-refractivity contribution >= 4 is 34.3 Å². The Morgan fingerprint density at radius 2 is 1.84 bits per heavy atom. The van der Waals surface area contributed by atoms with Crippen molar-refractivity contribution in [1.29, 1.82) is 0 Å². The van der Waals surface area contributed by atoms with Crippen LogP contribution in [0.25, 0.3) is 16.9 Å². The molecule has 190 valence electrons. The number of amides is 1. The van der Waals surface area contributed by atoms with Crippen molar-refractivity contribution in [2.75, 3.05) is 62.0 Å². The molecule has 37 heavy (non-hydrogen) atoms. The number of imidazole rings is 1. The molecule has 0 atom stereocenters. The van der Waals surface area contributed by atoms with E-state index in [1.54, 1.807) is 19.5 Å². The van der Waals surface area contributed by atoms with Gasteiger partial charge < -0.3 is 20.3 Å². The molecule has 0 saturated carbocycles. The normalized spacial score (nSPS) is 14.0. The first-order chi connectivity index (χ1) is 18.1. The van der Waals surface area contributed by atoms with Crippen molar-refractivity contribution in [3.63, 3.8) is 0 Å².